The van der Waals surface area contributed by atoms with Crippen LogP contribution in [-0.4, -0.2) is 50.8 Å². The minimum Gasteiger partial charge on any atom is -0.462 e. The Labute approximate surface area is 232 Å². The molecular formula is C31H27N3O6. The van der Waals surface area contributed by atoms with E-state index in [1.54, 1.807) is 97.9 Å². The summed E-state index contributed by atoms with van der Waals surface area (Å²) in [5.74, 6) is -1.79. The van der Waals surface area contributed by atoms with E-state index >= 15 is 0 Å². The molecule has 0 saturated carbocycles. The van der Waals surface area contributed by atoms with Gasteiger partial charge in [-0.3, -0.25) is 0 Å². The van der Waals surface area contributed by atoms with Crippen molar-refractivity contribution in [3.8, 4) is 12.1 Å². The molecule has 40 heavy (non-hydrogen) atoms. The number of ether oxygens (including phenoxy) is 3. The minimum absolute atomic E-state index is 0.0624. The predicted molar refractivity (Wildman–Crippen MR) is 147 cm³/mol. The molecule has 0 aliphatic heterocycles. The van der Waals surface area contributed by atoms with Gasteiger partial charge >= 0.3 is 17.9 Å². The lowest BCUT2D eigenvalue weighted by Gasteiger charge is -2.25. The first-order valence-electron chi connectivity index (χ1n) is 12.5. The van der Waals surface area contributed by atoms with Gasteiger partial charge in [-0.2, -0.15) is 10.5 Å². The van der Waals surface area contributed by atoms with Crippen LogP contribution < -0.4 is 4.90 Å². The minimum atomic E-state index is -0.868. The van der Waals surface area contributed by atoms with Gasteiger partial charge in [0.15, 0.2) is 5.57 Å². The molecule has 0 aliphatic rings. The second-order valence-electron chi connectivity index (χ2n) is 8.23. The average molecular weight is 538 g/mol. The zero-order valence-electron chi connectivity index (χ0n) is 21.9. The van der Waals surface area contributed by atoms with Gasteiger partial charge < -0.3 is 19.1 Å². The highest BCUT2D eigenvalue weighted by atomic mass is 16.5. The van der Waals surface area contributed by atoms with Gasteiger partial charge in [-0.15, -0.1) is 0 Å². The van der Waals surface area contributed by atoms with E-state index in [1.807, 2.05) is 11.0 Å². The number of esters is 3. The summed E-state index contributed by atoms with van der Waals surface area (Å²) in [5.41, 5.74) is 1.42. The molecule has 3 rings (SSSR count). The first-order chi connectivity index (χ1) is 19.5. The van der Waals surface area contributed by atoms with Crippen LogP contribution >= 0.6 is 0 Å². The molecule has 0 aromatic heterocycles. The summed E-state index contributed by atoms with van der Waals surface area (Å²) in [5, 5.41) is 19.1. The van der Waals surface area contributed by atoms with Crippen molar-refractivity contribution in [3.63, 3.8) is 0 Å². The van der Waals surface area contributed by atoms with Crippen LogP contribution in [0.3, 0.4) is 0 Å². The summed E-state index contributed by atoms with van der Waals surface area (Å²) in [4.78, 5) is 38.7. The van der Waals surface area contributed by atoms with Crippen molar-refractivity contribution in [2.75, 3.05) is 37.8 Å². The zero-order valence-corrected chi connectivity index (χ0v) is 21.9. The Hall–Kier alpha value is -5.41. The van der Waals surface area contributed by atoms with Crippen LogP contribution in [0.25, 0.3) is 5.57 Å². The maximum Gasteiger partial charge on any atom is 0.350 e. The monoisotopic (exact) mass is 537 g/mol. The van der Waals surface area contributed by atoms with Crippen molar-refractivity contribution >= 4 is 29.2 Å². The van der Waals surface area contributed by atoms with Crippen molar-refractivity contribution < 1.29 is 28.6 Å². The number of hydrogen-bond donors (Lipinski definition) is 0. The molecule has 0 atom stereocenters. The summed E-state index contributed by atoms with van der Waals surface area (Å²) in [6.07, 6.45) is 0. The van der Waals surface area contributed by atoms with Crippen molar-refractivity contribution in [3.05, 3.63) is 107 Å². The summed E-state index contributed by atoms with van der Waals surface area (Å²) >= 11 is 0. The van der Waals surface area contributed by atoms with Crippen LogP contribution in [0.2, 0.25) is 0 Å². The lowest BCUT2D eigenvalue weighted by molar-refractivity contribution is -0.137. The lowest BCUT2D eigenvalue weighted by Crippen LogP contribution is -2.32. The number of rotatable bonds is 12. The standard InChI is InChI=1S/C31H27N3O6/c1-2-38-31(37)28(22-33)27(21-32)23-13-15-26(16-14-23)34(17-19-39-29(35)24-9-5-3-6-10-24)18-20-40-30(36)25-11-7-4-8-12-25/h3-16H,2,17-20H2,1H3. The second-order valence-corrected chi connectivity index (χ2v) is 8.23. The summed E-state index contributed by atoms with van der Waals surface area (Å²) in [6, 6.07) is 27.5. The number of nitrogens with zero attached hydrogens (tertiary/aromatic N) is 3. The molecular weight excluding hydrogens is 510 g/mol. The molecule has 3 aromatic rings. The van der Waals surface area contributed by atoms with E-state index in [4.69, 9.17) is 14.2 Å². The second kappa shape index (κ2) is 15.1. The highest BCUT2D eigenvalue weighted by Gasteiger charge is 2.19. The quantitative estimate of drug-likeness (QED) is 0.141. The van der Waals surface area contributed by atoms with Gasteiger partial charge in [-0.05, 0) is 48.9 Å². The normalized spacial score (nSPS) is 10.8. The van der Waals surface area contributed by atoms with Crippen LogP contribution in [0.15, 0.2) is 90.5 Å². The topological polar surface area (TPSA) is 130 Å². The Morgan fingerprint density at radius 2 is 1.18 bits per heavy atom. The van der Waals surface area contributed by atoms with E-state index in [2.05, 4.69) is 0 Å². The Morgan fingerprint density at radius 3 is 1.60 bits per heavy atom. The molecule has 9 nitrogen and oxygen atoms in total. The predicted octanol–water partition coefficient (Wildman–Crippen LogP) is 4.57. The number of anilines is 1. The largest absolute Gasteiger partial charge is 0.462 e. The first kappa shape index (κ1) is 29.2. The van der Waals surface area contributed by atoms with Crippen molar-refractivity contribution in [2.24, 2.45) is 0 Å². The van der Waals surface area contributed by atoms with Crippen LogP contribution in [0.1, 0.15) is 33.2 Å². The van der Waals surface area contributed by atoms with Crippen LogP contribution in [0.4, 0.5) is 5.69 Å². The molecule has 0 aliphatic carbocycles. The van der Waals surface area contributed by atoms with Crippen molar-refractivity contribution in [2.45, 2.75) is 6.92 Å². The number of benzene rings is 3. The van der Waals surface area contributed by atoms with Gasteiger partial charge in [0.25, 0.3) is 0 Å². The highest BCUT2D eigenvalue weighted by molar-refractivity contribution is 6.04. The Morgan fingerprint density at radius 1 is 0.675 bits per heavy atom. The molecule has 0 amide bonds. The highest BCUT2D eigenvalue weighted by Crippen LogP contribution is 2.23. The molecule has 0 radical (unpaired) electrons. The molecule has 3 aromatic carbocycles. The summed E-state index contributed by atoms with van der Waals surface area (Å²) in [6.45, 7) is 2.37. The van der Waals surface area contributed by atoms with E-state index < -0.39 is 17.9 Å². The molecule has 0 unspecified atom stereocenters. The van der Waals surface area contributed by atoms with E-state index in [1.165, 1.54) is 0 Å². The van der Waals surface area contributed by atoms with Gasteiger partial charge in [0.1, 0.15) is 25.4 Å². The SMILES string of the molecule is CCOC(=O)C(C#N)=C(C#N)c1ccc(N(CCOC(=O)c2ccccc2)CCOC(=O)c2ccccc2)cc1. The molecule has 0 spiro atoms. The fourth-order valence-corrected chi connectivity index (χ4v) is 3.69. The van der Waals surface area contributed by atoms with Gasteiger partial charge in [-0.1, -0.05) is 48.5 Å². The van der Waals surface area contributed by atoms with Crippen molar-refractivity contribution in [1.82, 2.24) is 0 Å². The third-order valence-corrected chi connectivity index (χ3v) is 5.68. The molecule has 202 valence electrons. The van der Waals surface area contributed by atoms with Crippen molar-refractivity contribution in [1.29, 1.82) is 10.5 Å². The number of carbonyl (C=O) groups is 3. The number of hydrogen-bond acceptors (Lipinski definition) is 9. The third-order valence-electron chi connectivity index (χ3n) is 5.68. The average Bonchev–Trinajstić information content (AvgIpc) is 3.00. The van der Waals surface area contributed by atoms with E-state index in [-0.39, 0.29) is 44.1 Å². The Kier molecular flexibility index (Phi) is 11.0. The Bertz CT molecular complexity index is 1360. The third kappa shape index (κ3) is 8.04. The number of allylic oxidation sites excluding steroid dienone is 1. The fraction of sp³-hybridized carbons (Fsp3) is 0.194. The smallest absolute Gasteiger partial charge is 0.350 e. The van der Waals surface area contributed by atoms with Gasteiger partial charge in [0, 0.05) is 5.69 Å². The molecule has 9 heteroatoms. The van der Waals surface area contributed by atoms with Gasteiger partial charge in [0.2, 0.25) is 0 Å². The molecule has 0 fully saturated rings. The summed E-state index contributed by atoms with van der Waals surface area (Å²) < 4.78 is 15.7. The molecule has 0 N–H and O–H groups in total. The summed E-state index contributed by atoms with van der Waals surface area (Å²) in [7, 11) is 0. The van der Waals surface area contributed by atoms with Gasteiger partial charge in [0.05, 0.1) is 36.4 Å². The zero-order chi connectivity index (χ0) is 28.7. The fourth-order valence-electron chi connectivity index (χ4n) is 3.69. The van der Waals surface area contributed by atoms with E-state index in [0.717, 1.165) is 0 Å². The molecule has 0 heterocycles. The Balaban J connectivity index is 1.75. The lowest BCUT2D eigenvalue weighted by atomic mass is 10.0. The number of nitriles is 2. The molecule has 0 bridgehead atoms. The van der Waals surface area contributed by atoms with Crippen LogP contribution in [0, 0.1) is 22.7 Å². The maximum absolute atomic E-state index is 12.4. The van der Waals surface area contributed by atoms with Crippen LogP contribution in [0.5, 0.6) is 0 Å². The number of carbonyl (C=O) groups excluding carboxylic acids is 3. The van der Waals surface area contributed by atoms with Gasteiger partial charge in [-0.25, -0.2) is 14.4 Å². The van der Waals surface area contributed by atoms with E-state index in [0.29, 0.717) is 22.4 Å². The maximum atomic E-state index is 12.4. The molecule has 0 saturated heterocycles. The first-order valence-corrected chi connectivity index (χ1v) is 12.5. The van der Waals surface area contributed by atoms with Crippen LogP contribution in [-0.2, 0) is 19.0 Å². The van der Waals surface area contributed by atoms with E-state index in [9.17, 15) is 24.9 Å².